The van der Waals surface area contributed by atoms with Crippen LogP contribution in [-0.4, -0.2) is 82.0 Å². The Kier molecular flexibility index (Phi) is 10.4. The second-order valence-electron chi connectivity index (χ2n) is 12.2. The number of methoxy groups -OCH3 is 2. The Morgan fingerprint density at radius 3 is 2.51 bits per heavy atom. The van der Waals surface area contributed by atoms with Crippen molar-refractivity contribution in [2.45, 2.75) is 81.0 Å². The maximum absolute atomic E-state index is 15.4. The highest BCUT2D eigenvalue weighted by Gasteiger charge is 2.48. The molecule has 0 radical (unpaired) electrons. The Morgan fingerprint density at radius 1 is 1.09 bits per heavy atom. The standard InChI is InChI=1S/C32H42F2N4O6S/c1-43-25-14-16-32(17-15-25,21-8-10-22(33)11-9-21)29(37-31(40)44-2)30(39)36-28-7-3-6-27(34)26(28)13-12-24-19-35-23-5-4-18-45(41,42)38(24)20-23/h3,6-11,23-25,29,35H,4-5,12-20H2,1-2H3,(H,36,39)(H,37,40)/t23-,24+,25-,29-,32-/m1/s1. The molecule has 2 aromatic carbocycles. The van der Waals surface area contributed by atoms with Crippen LogP contribution in [0.4, 0.5) is 19.3 Å². The fourth-order valence-electron chi connectivity index (χ4n) is 7.19. The molecule has 3 N–H and O–H groups in total. The summed E-state index contributed by atoms with van der Waals surface area (Å²) in [6, 6.07) is 8.88. The first-order chi connectivity index (χ1) is 21.6. The number of alkyl carbamates (subject to hydrolysis) is 1. The molecule has 2 aromatic rings. The van der Waals surface area contributed by atoms with Gasteiger partial charge in [-0.1, -0.05) is 18.2 Å². The number of carbonyl (C=O) groups is 2. The van der Waals surface area contributed by atoms with Crippen LogP contribution in [0.5, 0.6) is 0 Å². The summed E-state index contributed by atoms with van der Waals surface area (Å²) in [5, 5.41) is 9.01. The number of carbonyl (C=O) groups excluding carboxylic acids is 2. The van der Waals surface area contributed by atoms with Gasteiger partial charge >= 0.3 is 6.09 Å². The molecule has 2 saturated heterocycles. The van der Waals surface area contributed by atoms with Crippen LogP contribution < -0.4 is 16.0 Å². The van der Waals surface area contributed by atoms with Crippen molar-refractivity contribution in [1.29, 1.82) is 0 Å². The Bertz CT molecular complexity index is 1470. The minimum Gasteiger partial charge on any atom is -0.453 e. The summed E-state index contributed by atoms with van der Waals surface area (Å²) in [7, 11) is -0.589. The van der Waals surface area contributed by atoms with E-state index >= 15 is 4.39 Å². The van der Waals surface area contributed by atoms with Crippen molar-refractivity contribution in [3.05, 3.63) is 65.2 Å². The third-order valence-corrected chi connectivity index (χ3v) is 11.7. The van der Waals surface area contributed by atoms with E-state index in [1.807, 2.05) is 0 Å². The van der Waals surface area contributed by atoms with Crippen LogP contribution in [0.2, 0.25) is 0 Å². The van der Waals surface area contributed by atoms with Gasteiger partial charge in [-0.05, 0) is 81.2 Å². The molecule has 0 spiro atoms. The molecule has 13 heteroatoms. The van der Waals surface area contributed by atoms with Crippen molar-refractivity contribution in [2.75, 3.05) is 38.4 Å². The Labute approximate surface area is 263 Å². The third kappa shape index (κ3) is 7.32. The van der Waals surface area contributed by atoms with Gasteiger partial charge in [0.1, 0.15) is 17.7 Å². The summed E-state index contributed by atoms with van der Waals surface area (Å²) >= 11 is 0. The number of benzene rings is 2. The average molecular weight is 649 g/mol. The third-order valence-electron chi connectivity index (χ3n) is 9.71. The van der Waals surface area contributed by atoms with Crippen LogP contribution >= 0.6 is 0 Å². The minimum absolute atomic E-state index is 0.0344. The lowest BCUT2D eigenvalue weighted by Crippen LogP contribution is -2.58. The number of nitrogens with one attached hydrogen (secondary N) is 3. The molecule has 0 aromatic heterocycles. The van der Waals surface area contributed by atoms with E-state index in [2.05, 4.69) is 16.0 Å². The summed E-state index contributed by atoms with van der Waals surface area (Å²) in [5.41, 5.74) is 0.226. The number of fused-ring (bicyclic) bond motifs is 2. The number of hydrogen-bond donors (Lipinski definition) is 3. The molecule has 2 aliphatic heterocycles. The largest absolute Gasteiger partial charge is 0.453 e. The molecule has 3 aliphatic rings. The first-order valence-corrected chi connectivity index (χ1v) is 17.1. The van der Waals surface area contributed by atoms with Crippen LogP contribution in [0.1, 0.15) is 56.1 Å². The monoisotopic (exact) mass is 648 g/mol. The van der Waals surface area contributed by atoms with E-state index in [4.69, 9.17) is 9.47 Å². The van der Waals surface area contributed by atoms with E-state index in [1.165, 1.54) is 31.4 Å². The summed E-state index contributed by atoms with van der Waals surface area (Å²) in [6.07, 6.45) is 3.17. The summed E-state index contributed by atoms with van der Waals surface area (Å²) in [4.78, 5) is 26.8. The van der Waals surface area contributed by atoms with Crippen molar-refractivity contribution >= 4 is 27.7 Å². The molecular weight excluding hydrogens is 606 g/mol. The van der Waals surface area contributed by atoms with Crippen LogP contribution in [0.3, 0.4) is 0 Å². The summed E-state index contributed by atoms with van der Waals surface area (Å²) in [6.45, 7) is 0.859. The van der Waals surface area contributed by atoms with E-state index in [-0.39, 0.29) is 41.6 Å². The molecule has 2 heterocycles. The van der Waals surface area contributed by atoms with Crippen molar-refractivity contribution < 1.29 is 36.3 Å². The number of piperazine rings is 1. The summed E-state index contributed by atoms with van der Waals surface area (Å²) in [5.74, 6) is -1.44. The van der Waals surface area contributed by atoms with Crippen molar-refractivity contribution in [1.82, 2.24) is 14.9 Å². The predicted octanol–water partition coefficient (Wildman–Crippen LogP) is 3.85. The summed E-state index contributed by atoms with van der Waals surface area (Å²) < 4.78 is 67.2. The van der Waals surface area contributed by atoms with Crippen molar-refractivity contribution in [2.24, 2.45) is 0 Å². The fraction of sp³-hybridized carbons (Fsp3) is 0.562. The van der Waals surface area contributed by atoms with Gasteiger partial charge in [-0.15, -0.1) is 0 Å². The van der Waals surface area contributed by atoms with E-state index < -0.39 is 45.1 Å². The smallest absolute Gasteiger partial charge is 0.407 e. The predicted molar refractivity (Wildman–Crippen MR) is 165 cm³/mol. The van der Waals surface area contributed by atoms with E-state index in [1.54, 1.807) is 29.6 Å². The van der Waals surface area contributed by atoms with E-state index in [9.17, 15) is 22.4 Å². The number of halogens is 2. The molecule has 5 rings (SSSR count). The molecule has 2 amide bonds. The average Bonchev–Trinajstić information content (AvgIpc) is 3.15. The molecular formula is C32H42F2N4O6S. The molecule has 45 heavy (non-hydrogen) atoms. The SMILES string of the molecule is COC(=O)N[C@H](C(=O)Nc1cccc(F)c1CC[C@H]1CN[C@@H]2CCCS(=O)(=O)N1C2)[C@]1(c2ccc(F)cc2)CC[C@@H](OC)CC1. The van der Waals surface area contributed by atoms with Crippen LogP contribution in [0, 0.1) is 11.6 Å². The number of rotatable bonds is 9. The first-order valence-electron chi connectivity index (χ1n) is 15.5. The van der Waals surface area contributed by atoms with Gasteiger partial charge in [-0.25, -0.2) is 22.0 Å². The lowest BCUT2D eigenvalue weighted by molar-refractivity contribution is -0.120. The zero-order chi connectivity index (χ0) is 32.2. The lowest BCUT2D eigenvalue weighted by Gasteiger charge is -2.45. The first kappa shape index (κ1) is 33.2. The van der Waals surface area contributed by atoms with Crippen LogP contribution in [-0.2, 0) is 36.1 Å². The highest BCUT2D eigenvalue weighted by molar-refractivity contribution is 7.89. The van der Waals surface area contributed by atoms with Gasteiger partial charge in [0.15, 0.2) is 0 Å². The second-order valence-corrected chi connectivity index (χ2v) is 14.3. The number of hydrogen-bond acceptors (Lipinski definition) is 7. The Hall–Kier alpha value is -3.13. The number of ether oxygens (including phenoxy) is 2. The quantitative estimate of drug-likeness (QED) is 0.377. The minimum atomic E-state index is -3.42. The number of anilines is 1. The van der Waals surface area contributed by atoms with E-state index in [0.717, 1.165) is 6.42 Å². The maximum Gasteiger partial charge on any atom is 0.407 e. The van der Waals surface area contributed by atoms with Gasteiger partial charge < -0.3 is 25.4 Å². The number of nitrogens with zero attached hydrogens (tertiary/aromatic N) is 1. The zero-order valence-corrected chi connectivity index (χ0v) is 26.5. The Morgan fingerprint density at radius 2 is 1.82 bits per heavy atom. The van der Waals surface area contributed by atoms with Crippen molar-refractivity contribution in [3.63, 3.8) is 0 Å². The molecule has 1 aliphatic carbocycles. The van der Waals surface area contributed by atoms with Gasteiger partial charge in [0.05, 0.1) is 19.0 Å². The zero-order valence-electron chi connectivity index (χ0n) is 25.7. The molecule has 246 valence electrons. The van der Waals surface area contributed by atoms with Crippen LogP contribution in [0.15, 0.2) is 42.5 Å². The topological polar surface area (TPSA) is 126 Å². The molecule has 10 nitrogen and oxygen atoms in total. The van der Waals surface area contributed by atoms with Gasteiger partial charge in [0.25, 0.3) is 0 Å². The second kappa shape index (κ2) is 14.1. The fourth-order valence-corrected chi connectivity index (χ4v) is 9.00. The molecule has 1 saturated carbocycles. The van der Waals surface area contributed by atoms with Gasteiger partial charge in [-0.2, -0.15) is 4.31 Å². The number of sulfonamides is 1. The molecule has 3 fully saturated rings. The van der Waals surface area contributed by atoms with E-state index in [0.29, 0.717) is 57.2 Å². The van der Waals surface area contributed by atoms with Gasteiger partial charge in [0, 0.05) is 48.9 Å². The Balaban J connectivity index is 1.42. The number of amides is 2. The van der Waals surface area contributed by atoms with Crippen molar-refractivity contribution in [3.8, 4) is 0 Å². The highest BCUT2D eigenvalue weighted by atomic mass is 32.2. The molecule has 2 bridgehead atoms. The van der Waals surface area contributed by atoms with Gasteiger partial charge in [-0.3, -0.25) is 4.79 Å². The van der Waals surface area contributed by atoms with Crippen LogP contribution in [0.25, 0.3) is 0 Å². The van der Waals surface area contributed by atoms with Gasteiger partial charge in [0.2, 0.25) is 15.9 Å². The molecule has 4 atom stereocenters. The molecule has 1 unspecified atom stereocenters. The highest BCUT2D eigenvalue weighted by Crippen LogP contribution is 2.44. The maximum atomic E-state index is 15.4. The normalized spacial score (nSPS) is 28.4. The lowest BCUT2D eigenvalue weighted by atomic mass is 9.64.